The maximum atomic E-state index is 5.42. The van der Waals surface area contributed by atoms with Crippen LogP contribution in [-0.2, 0) is 13.0 Å². The number of ether oxygens (including phenoxy) is 1. The Bertz CT molecular complexity index is 376. The van der Waals surface area contributed by atoms with Crippen LogP contribution >= 0.6 is 0 Å². The van der Waals surface area contributed by atoms with Crippen molar-refractivity contribution in [3.8, 4) is 5.75 Å². The van der Waals surface area contributed by atoms with E-state index in [-0.39, 0.29) is 0 Å². The second-order valence-electron chi connectivity index (χ2n) is 4.93. The third-order valence-corrected chi connectivity index (χ3v) is 3.39. The van der Waals surface area contributed by atoms with E-state index in [4.69, 9.17) is 4.74 Å². The van der Waals surface area contributed by atoms with Crippen molar-refractivity contribution < 1.29 is 4.74 Å². The van der Waals surface area contributed by atoms with E-state index in [1.165, 1.54) is 11.1 Å². The smallest absolute Gasteiger partial charge is 0.122 e. The maximum absolute atomic E-state index is 5.42. The zero-order valence-corrected chi connectivity index (χ0v) is 11.1. The molecule has 0 atom stereocenters. The van der Waals surface area contributed by atoms with Gasteiger partial charge in [0.25, 0.3) is 0 Å². The summed E-state index contributed by atoms with van der Waals surface area (Å²) in [6.45, 7) is 4.46. The fraction of sp³-hybridized carbons (Fsp3) is 0.571. The van der Waals surface area contributed by atoms with Crippen LogP contribution in [0.1, 0.15) is 11.1 Å². The van der Waals surface area contributed by atoms with Gasteiger partial charge in [-0.05, 0) is 37.7 Å². The first-order valence-corrected chi connectivity index (χ1v) is 6.22. The molecule has 1 aromatic carbocycles. The van der Waals surface area contributed by atoms with Crippen LogP contribution in [0.3, 0.4) is 0 Å². The van der Waals surface area contributed by atoms with E-state index >= 15 is 0 Å². The van der Waals surface area contributed by atoms with Crippen LogP contribution in [0.4, 0.5) is 0 Å². The van der Waals surface area contributed by atoms with Crippen molar-refractivity contribution in [1.82, 2.24) is 9.80 Å². The van der Waals surface area contributed by atoms with E-state index in [1.54, 1.807) is 7.11 Å². The fourth-order valence-corrected chi connectivity index (χ4v) is 2.36. The van der Waals surface area contributed by atoms with Gasteiger partial charge in [-0.15, -0.1) is 0 Å². The molecule has 3 nitrogen and oxygen atoms in total. The van der Waals surface area contributed by atoms with Gasteiger partial charge in [-0.1, -0.05) is 12.1 Å². The van der Waals surface area contributed by atoms with Crippen molar-refractivity contribution in [2.24, 2.45) is 0 Å². The van der Waals surface area contributed by atoms with E-state index in [9.17, 15) is 0 Å². The van der Waals surface area contributed by atoms with Crippen LogP contribution in [0.2, 0.25) is 0 Å². The molecule has 1 aromatic rings. The molecule has 0 amide bonds. The molecule has 0 saturated carbocycles. The SMILES string of the molecule is COc1cccc2c1CCN(CCN(C)C)C2. The summed E-state index contributed by atoms with van der Waals surface area (Å²) in [4.78, 5) is 4.75. The van der Waals surface area contributed by atoms with Crippen LogP contribution in [0.5, 0.6) is 5.75 Å². The highest BCUT2D eigenvalue weighted by molar-refractivity contribution is 5.41. The molecular formula is C14H22N2O. The van der Waals surface area contributed by atoms with Crippen LogP contribution in [0.15, 0.2) is 18.2 Å². The first kappa shape index (κ1) is 12.4. The van der Waals surface area contributed by atoms with Crippen molar-refractivity contribution in [2.75, 3.05) is 40.8 Å². The lowest BCUT2D eigenvalue weighted by Gasteiger charge is -2.30. The molecule has 0 aromatic heterocycles. The van der Waals surface area contributed by atoms with E-state index in [0.717, 1.165) is 38.3 Å². The molecule has 94 valence electrons. The Morgan fingerprint density at radius 3 is 2.88 bits per heavy atom. The minimum atomic E-state index is 1.05. The zero-order chi connectivity index (χ0) is 12.3. The van der Waals surface area contributed by atoms with Gasteiger partial charge in [-0.25, -0.2) is 0 Å². The number of fused-ring (bicyclic) bond motifs is 1. The van der Waals surface area contributed by atoms with Crippen LogP contribution in [0.25, 0.3) is 0 Å². The highest BCUT2D eigenvalue weighted by Crippen LogP contribution is 2.27. The quantitative estimate of drug-likeness (QED) is 0.787. The standard InChI is InChI=1S/C14H22N2O/c1-15(2)9-10-16-8-7-13-12(11-16)5-4-6-14(13)17-3/h4-6H,7-11H2,1-3H3. The van der Waals surface area contributed by atoms with Crippen molar-refractivity contribution in [3.63, 3.8) is 0 Å². The zero-order valence-electron chi connectivity index (χ0n) is 11.1. The molecule has 1 aliphatic rings. The Hall–Kier alpha value is -1.06. The summed E-state index contributed by atoms with van der Waals surface area (Å²) >= 11 is 0. The van der Waals surface area contributed by atoms with Crippen LogP contribution in [-0.4, -0.2) is 50.6 Å². The number of benzene rings is 1. The lowest BCUT2D eigenvalue weighted by atomic mass is 9.99. The minimum Gasteiger partial charge on any atom is -0.496 e. The molecule has 0 spiro atoms. The number of methoxy groups -OCH3 is 1. The first-order valence-electron chi connectivity index (χ1n) is 6.22. The van der Waals surface area contributed by atoms with E-state index in [0.29, 0.717) is 0 Å². The van der Waals surface area contributed by atoms with Gasteiger partial charge < -0.3 is 9.64 Å². The van der Waals surface area contributed by atoms with Gasteiger partial charge in [0.05, 0.1) is 7.11 Å². The van der Waals surface area contributed by atoms with Gasteiger partial charge in [-0.3, -0.25) is 4.90 Å². The van der Waals surface area contributed by atoms with Gasteiger partial charge in [0.2, 0.25) is 0 Å². The molecule has 0 bridgehead atoms. The monoisotopic (exact) mass is 234 g/mol. The summed E-state index contributed by atoms with van der Waals surface area (Å²) in [6.07, 6.45) is 1.10. The summed E-state index contributed by atoms with van der Waals surface area (Å²) in [5.41, 5.74) is 2.82. The topological polar surface area (TPSA) is 15.7 Å². The lowest BCUT2D eigenvalue weighted by molar-refractivity contribution is 0.223. The van der Waals surface area contributed by atoms with E-state index in [2.05, 4.69) is 42.1 Å². The van der Waals surface area contributed by atoms with E-state index in [1.807, 2.05) is 0 Å². The molecule has 0 aliphatic carbocycles. The predicted octanol–water partition coefficient (Wildman–Crippen LogP) is 1.61. The number of likely N-dealkylation sites (N-methyl/N-ethyl adjacent to an activating group) is 1. The second-order valence-corrected chi connectivity index (χ2v) is 4.93. The van der Waals surface area contributed by atoms with Crippen molar-refractivity contribution >= 4 is 0 Å². The molecule has 2 rings (SSSR count). The molecular weight excluding hydrogens is 212 g/mol. The normalized spacial score (nSPS) is 16.0. The Morgan fingerprint density at radius 1 is 1.35 bits per heavy atom. The molecule has 1 heterocycles. The number of hydrogen-bond acceptors (Lipinski definition) is 3. The number of nitrogens with zero attached hydrogens (tertiary/aromatic N) is 2. The van der Waals surface area contributed by atoms with Crippen LogP contribution in [0, 0.1) is 0 Å². The Morgan fingerprint density at radius 2 is 2.18 bits per heavy atom. The lowest BCUT2D eigenvalue weighted by Crippen LogP contribution is -2.35. The summed E-state index contributed by atoms with van der Waals surface area (Å²) in [5.74, 6) is 1.05. The van der Waals surface area contributed by atoms with Crippen LogP contribution < -0.4 is 4.74 Å². The van der Waals surface area contributed by atoms with Gasteiger partial charge in [0, 0.05) is 26.2 Å². The molecule has 0 saturated heterocycles. The predicted molar refractivity (Wildman–Crippen MR) is 70.5 cm³/mol. The molecule has 17 heavy (non-hydrogen) atoms. The van der Waals surface area contributed by atoms with Crippen molar-refractivity contribution in [2.45, 2.75) is 13.0 Å². The molecule has 0 fully saturated rings. The van der Waals surface area contributed by atoms with E-state index < -0.39 is 0 Å². The molecule has 3 heteroatoms. The summed E-state index contributed by atoms with van der Waals surface area (Å²) < 4.78 is 5.42. The minimum absolute atomic E-state index is 1.05. The van der Waals surface area contributed by atoms with Crippen molar-refractivity contribution in [3.05, 3.63) is 29.3 Å². The molecule has 0 unspecified atom stereocenters. The highest BCUT2D eigenvalue weighted by Gasteiger charge is 2.18. The third kappa shape index (κ3) is 2.99. The van der Waals surface area contributed by atoms with Gasteiger partial charge >= 0.3 is 0 Å². The molecule has 0 N–H and O–H groups in total. The van der Waals surface area contributed by atoms with Crippen molar-refractivity contribution in [1.29, 1.82) is 0 Å². The highest BCUT2D eigenvalue weighted by atomic mass is 16.5. The first-order chi connectivity index (χ1) is 8.20. The van der Waals surface area contributed by atoms with Gasteiger partial charge in [-0.2, -0.15) is 0 Å². The maximum Gasteiger partial charge on any atom is 0.122 e. The Kier molecular flexibility index (Phi) is 4.02. The average molecular weight is 234 g/mol. The van der Waals surface area contributed by atoms with Gasteiger partial charge in [0.15, 0.2) is 0 Å². The summed E-state index contributed by atoms with van der Waals surface area (Å²) in [6, 6.07) is 6.38. The Balaban J connectivity index is 2.04. The summed E-state index contributed by atoms with van der Waals surface area (Å²) in [7, 11) is 6.01. The average Bonchev–Trinajstić information content (AvgIpc) is 2.35. The molecule has 0 radical (unpaired) electrons. The number of hydrogen-bond donors (Lipinski definition) is 0. The van der Waals surface area contributed by atoms with Gasteiger partial charge in [0.1, 0.15) is 5.75 Å². The fourth-order valence-electron chi connectivity index (χ4n) is 2.36. The Labute approximate surface area is 104 Å². The number of rotatable bonds is 4. The summed E-state index contributed by atoms with van der Waals surface area (Å²) in [5, 5.41) is 0. The largest absolute Gasteiger partial charge is 0.496 e. The molecule has 1 aliphatic heterocycles. The third-order valence-electron chi connectivity index (χ3n) is 3.39. The second kappa shape index (κ2) is 5.52.